The van der Waals surface area contributed by atoms with E-state index in [1.54, 1.807) is 0 Å². The summed E-state index contributed by atoms with van der Waals surface area (Å²) in [5.41, 5.74) is 0.00712. The number of benzene rings is 1. The third kappa shape index (κ3) is 2.96. The van der Waals surface area contributed by atoms with Crippen molar-refractivity contribution in [1.29, 1.82) is 0 Å². The van der Waals surface area contributed by atoms with Crippen molar-refractivity contribution < 1.29 is 17.9 Å². The zero-order chi connectivity index (χ0) is 15.0. The van der Waals surface area contributed by atoms with Crippen LogP contribution in [-0.2, 0) is 16.6 Å². The van der Waals surface area contributed by atoms with Crippen LogP contribution in [0.4, 0.5) is 4.39 Å². The van der Waals surface area contributed by atoms with Crippen LogP contribution in [0.1, 0.15) is 18.4 Å². The zero-order valence-corrected chi connectivity index (χ0v) is 12.5. The molecule has 1 aromatic carbocycles. The van der Waals surface area contributed by atoms with Crippen LogP contribution in [0, 0.1) is 5.82 Å². The molecule has 0 atom stereocenters. The lowest BCUT2D eigenvalue weighted by Gasteiger charge is -2.34. The Morgan fingerprint density at radius 2 is 1.86 bits per heavy atom. The first kappa shape index (κ1) is 14.9. The van der Waals surface area contributed by atoms with Gasteiger partial charge in [-0.2, -0.15) is 4.31 Å². The first-order valence-corrected chi connectivity index (χ1v) is 8.60. The van der Waals surface area contributed by atoms with Gasteiger partial charge in [-0.3, -0.25) is 4.90 Å². The Bertz CT molecular complexity index is 623. The monoisotopic (exact) mass is 314 g/mol. The number of piperazine rings is 1. The molecule has 1 heterocycles. The number of nitrogens with zero attached hydrogens (tertiary/aromatic N) is 2. The number of halogens is 1. The predicted molar refractivity (Wildman–Crippen MR) is 75.7 cm³/mol. The van der Waals surface area contributed by atoms with Gasteiger partial charge in [0.25, 0.3) is 0 Å². The number of sulfonamides is 1. The highest BCUT2D eigenvalue weighted by Gasteiger charge is 2.35. The van der Waals surface area contributed by atoms with Crippen LogP contribution in [0.5, 0.6) is 0 Å². The lowest BCUT2D eigenvalue weighted by molar-refractivity contribution is 0.180. The number of hydrogen-bond acceptors (Lipinski definition) is 4. The van der Waals surface area contributed by atoms with Crippen molar-refractivity contribution in [2.45, 2.75) is 30.4 Å². The minimum atomic E-state index is -3.61. The maximum Gasteiger partial charge on any atom is 0.243 e. The van der Waals surface area contributed by atoms with Gasteiger partial charge in [0, 0.05) is 37.8 Å². The molecule has 0 radical (unpaired) electrons. The summed E-state index contributed by atoms with van der Waals surface area (Å²) >= 11 is 0. The van der Waals surface area contributed by atoms with E-state index < -0.39 is 22.4 Å². The van der Waals surface area contributed by atoms with Crippen molar-refractivity contribution in [2.24, 2.45) is 0 Å². The zero-order valence-electron chi connectivity index (χ0n) is 11.7. The minimum Gasteiger partial charge on any atom is -0.392 e. The average molecular weight is 314 g/mol. The second-order valence-electron chi connectivity index (χ2n) is 5.58. The van der Waals surface area contributed by atoms with E-state index in [0.29, 0.717) is 19.1 Å². The van der Waals surface area contributed by atoms with Gasteiger partial charge in [0.15, 0.2) is 0 Å². The second kappa shape index (κ2) is 5.64. The molecule has 0 amide bonds. The Kier molecular flexibility index (Phi) is 4.00. The molecule has 1 aliphatic heterocycles. The molecule has 1 saturated heterocycles. The first-order chi connectivity index (χ1) is 10.0. The van der Waals surface area contributed by atoms with Crippen LogP contribution in [0.15, 0.2) is 23.1 Å². The fourth-order valence-corrected chi connectivity index (χ4v) is 4.20. The molecule has 2 fully saturated rings. The SMILES string of the molecule is O=S(=O)(c1ccc(F)c(CO)c1)N1CCN(C2CC2)CC1. The molecule has 21 heavy (non-hydrogen) atoms. The number of hydrogen-bond donors (Lipinski definition) is 1. The van der Waals surface area contributed by atoms with Crippen LogP contribution >= 0.6 is 0 Å². The molecule has 2 aliphatic rings. The van der Waals surface area contributed by atoms with Gasteiger partial charge in [0.2, 0.25) is 10.0 Å². The molecule has 1 aliphatic carbocycles. The van der Waals surface area contributed by atoms with Crippen molar-refractivity contribution in [1.82, 2.24) is 9.21 Å². The normalized spacial score (nSPS) is 21.6. The molecule has 3 rings (SSSR count). The highest BCUT2D eigenvalue weighted by Crippen LogP contribution is 2.28. The number of aliphatic hydroxyl groups excluding tert-OH is 1. The van der Waals surface area contributed by atoms with Gasteiger partial charge in [-0.05, 0) is 31.0 Å². The summed E-state index contributed by atoms with van der Waals surface area (Å²) < 4.78 is 39.9. The molecule has 1 saturated carbocycles. The molecule has 0 spiro atoms. The topological polar surface area (TPSA) is 60.9 Å². The van der Waals surface area contributed by atoms with Crippen molar-refractivity contribution in [3.63, 3.8) is 0 Å². The van der Waals surface area contributed by atoms with E-state index in [1.807, 2.05) is 0 Å². The van der Waals surface area contributed by atoms with Crippen LogP contribution in [0.2, 0.25) is 0 Å². The van der Waals surface area contributed by atoms with Crippen LogP contribution in [0.3, 0.4) is 0 Å². The van der Waals surface area contributed by atoms with Gasteiger partial charge in [-0.1, -0.05) is 0 Å². The molecule has 0 unspecified atom stereocenters. The van der Waals surface area contributed by atoms with E-state index in [2.05, 4.69) is 4.90 Å². The fourth-order valence-electron chi connectivity index (χ4n) is 2.73. The molecule has 0 aromatic heterocycles. The smallest absolute Gasteiger partial charge is 0.243 e. The highest BCUT2D eigenvalue weighted by molar-refractivity contribution is 7.89. The van der Waals surface area contributed by atoms with E-state index in [9.17, 15) is 12.8 Å². The fraction of sp³-hybridized carbons (Fsp3) is 0.571. The van der Waals surface area contributed by atoms with Crippen molar-refractivity contribution in [3.05, 3.63) is 29.6 Å². The van der Waals surface area contributed by atoms with E-state index in [0.717, 1.165) is 19.2 Å². The Balaban J connectivity index is 1.77. The van der Waals surface area contributed by atoms with Crippen LogP contribution < -0.4 is 0 Å². The van der Waals surface area contributed by atoms with Gasteiger partial charge < -0.3 is 5.11 Å². The molecule has 5 nitrogen and oxygen atoms in total. The molecule has 0 bridgehead atoms. The molecular formula is C14H19FN2O3S. The summed E-state index contributed by atoms with van der Waals surface area (Å²) in [6.07, 6.45) is 2.43. The molecule has 116 valence electrons. The maximum absolute atomic E-state index is 13.4. The van der Waals surface area contributed by atoms with Crippen LogP contribution in [-0.4, -0.2) is 55.0 Å². The van der Waals surface area contributed by atoms with E-state index in [-0.39, 0.29) is 10.5 Å². The Morgan fingerprint density at radius 3 is 2.43 bits per heavy atom. The Morgan fingerprint density at radius 1 is 1.19 bits per heavy atom. The van der Waals surface area contributed by atoms with Gasteiger partial charge in [-0.25, -0.2) is 12.8 Å². The Labute approximate surface area is 124 Å². The average Bonchev–Trinajstić information content (AvgIpc) is 3.32. The predicted octanol–water partition coefficient (Wildman–Crippen LogP) is 0.787. The largest absolute Gasteiger partial charge is 0.392 e. The van der Waals surface area contributed by atoms with Gasteiger partial charge in [-0.15, -0.1) is 0 Å². The first-order valence-electron chi connectivity index (χ1n) is 7.16. The maximum atomic E-state index is 13.4. The second-order valence-corrected chi connectivity index (χ2v) is 7.52. The summed E-state index contributed by atoms with van der Waals surface area (Å²) in [4.78, 5) is 2.38. The van der Waals surface area contributed by atoms with Gasteiger partial charge in [0.1, 0.15) is 5.82 Å². The summed E-state index contributed by atoms with van der Waals surface area (Å²) in [6, 6.07) is 4.22. The molecule has 1 aromatic rings. The third-order valence-corrected chi connectivity index (χ3v) is 6.06. The number of rotatable bonds is 4. The van der Waals surface area contributed by atoms with Crippen LogP contribution in [0.25, 0.3) is 0 Å². The molecule has 7 heteroatoms. The lowest BCUT2D eigenvalue weighted by Crippen LogP contribution is -2.49. The molecule has 1 N–H and O–H groups in total. The third-order valence-electron chi connectivity index (χ3n) is 4.16. The lowest BCUT2D eigenvalue weighted by atomic mass is 10.2. The summed E-state index contributed by atoms with van der Waals surface area (Å²) in [7, 11) is -3.61. The minimum absolute atomic E-state index is 0.00712. The summed E-state index contributed by atoms with van der Waals surface area (Å²) in [5.74, 6) is -0.588. The van der Waals surface area contributed by atoms with Crippen molar-refractivity contribution >= 4 is 10.0 Å². The quantitative estimate of drug-likeness (QED) is 0.892. The van der Waals surface area contributed by atoms with E-state index in [4.69, 9.17) is 5.11 Å². The van der Waals surface area contributed by atoms with Crippen molar-refractivity contribution in [3.8, 4) is 0 Å². The summed E-state index contributed by atoms with van der Waals surface area (Å²) in [5, 5.41) is 9.07. The standard InChI is InChI=1S/C14H19FN2O3S/c15-14-4-3-13(9-11(14)10-18)21(19,20)17-7-5-16(6-8-17)12-1-2-12/h3-4,9,12,18H,1-2,5-8,10H2. The summed E-state index contributed by atoms with van der Waals surface area (Å²) in [6.45, 7) is 1.91. The Hall–Kier alpha value is -1.02. The number of aliphatic hydroxyl groups is 1. The van der Waals surface area contributed by atoms with Gasteiger partial charge >= 0.3 is 0 Å². The molecular weight excluding hydrogens is 295 g/mol. The van der Waals surface area contributed by atoms with E-state index in [1.165, 1.54) is 29.3 Å². The van der Waals surface area contributed by atoms with Crippen molar-refractivity contribution in [2.75, 3.05) is 26.2 Å². The highest BCUT2D eigenvalue weighted by atomic mass is 32.2. The van der Waals surface area contributed by atoms with E-state index >= 15 is 0 Å². The van der Waals surface area contributed by atoms with Gasteiger partial charge in [0.05, 0.1) is 11.5 Å².